The molecule has 5 heteroatoms. The highest BCUT2D eigenvalue weighted by Crippen LogP contribution is 2.24. The first-order valence-electron chi connectivity index (χ1n) is 6.91. The van der Waals surface area contributed by atoms with Crippen LogP contribution in [-0.2, 0) is 11.3 Å². The number of carbonyl (C=O) groups is 1. The number of hydrogen-bond donors (Lipinski definition) is 1. The fourth-order valence-electron chi connectivity index (χ4n) is 2.25. The van der Waals surface area contributed by atoms with Crippen LogP contribution in [0.15, 0.2) is 18.2 Å². The Kier molecular flexibility index (Phi) is 5.30. The molecule has 0 aliphatic carbocycles. The lowest BCUT2D eigenvalue weighted by molar-refractivity contribution is -0.135. The number of hydrogen-bond acceptors (Lipinski definition) is 2. The van der Waals surface area contributed by atoms with Gasteiger partial charge in [-0.1, -0.05) is 29.3 Å². The maximum atomic E-state index is 12.4. The van der Waals surface area contributed by atoms with Crippen molar-refractivity contribution < 1.29 is 4.79 Å². The average Bonchev–Trinajstić information content (AvgIpc) is 2.34. The minimum absolute atomic E-state index is 0.171. The van der Waals surface area contributed by atoms with Gasteiger partial charge in [-0.15, -0.1) is 0 Å². The number of nitrogens with one attached hydrogen (secondary N) is 1. The molecule has 1 aromatic carbocycles. The Balaban J connectivity index is 2.03. The maximum Gasteiger partial charge on any atom is 0.223 e. The minimum atomic E-state index is 0.171. The zero-order valence-electron chi connectivity index (χ0n) is 11.8. The third-order valence-electron chi connectivity index (χ3n) is 3.61. The fraction of sp³-hybridized carbons (Fsp3) is 0.533. The number of amides is 1. The van der Waals surface area contributed by atoms with Crippen LogP contribution in [0.4, 0.5) is 0 Å². The zero-order chi connectivity index (χ0) is 14.7. The summed E-state index contributed by atoms with van der Waals surface area (Å²) in [6.45, 7) is 6.55. The first-order chi connectivity index (χ1) is 9.47. The third kappa shape index (κ3) is 3.87. The van der Waals surface area contributed by atoms with Crippen molar-refractivity contribution in [3.63, 3.8) is 0 Å². The van der Waals surface area contributed by atoms with E-state index in [0.29, 0.717) is 28.9 Å². The summed E-state index contributed by atoms with van der Waals surface area (Å²) in [5.41, 5.74) is 1.01. The maximum absolute atomic E-state index is 12.4. The van der Waals surface area contributed by atoms with E-state index in [2.05, 4.69) is 5.32 Å². The monoisotopic (exact) mass is 314 g/mol. The quantitative estimate of drug-likeness (QED) is 0.904. The second-order valence-corrected chi connectivity index (χ2v) is 6.41. The van der Waals surface area contributed by atoms with E-state index < -0.39 is 0 Å². The van der Waals surface area contributed by atoms with Crippen LogP contribution in [-0.4, -0.2) is 29.9 Å². The molecule has 2 rings (SSSR count). The molecule has 0 saturated carbocycles. The van der Waals surface area contributed by atoms with Crippen molar-refractivity contribution in [2.45, 2.75) is 32.9 Å². The lowest BCUT2D eigenvalue weighted by Gasteiger charge is -2.32. The number of nitrogens with zero attached hydrogens (tertiary/aromatic N) is 1. The summed E-state index contributed by atoms with van der Waals surface area (Å²) in [4.78, 5) is 14.3. The summed E-state index contributed by atoms with van der Waals surface area (Å²) in [6, 6.07) is 5.70. The van der Waals surface area contributed by atoms with Crippen LogP contribution >= 0.6 is 23.2 Å². The summed E-state index contributed by atoms with van der Waals surface area (Å²) in [5.74, 6) is 0.690. The molecule has 0 atom stereocenters. The lowest BCUT2D eigenvalue weighted by atomic mass is 9.98. The SMILES string of the molecule is CC(C)N(Cc1ccc(Cl)c(Cl)c1)C(=O)CC1CNC1. The van der Waals surface area contributed by atoms with Crippen molar-refractivity contribution in [2.75, 3.05) is 13.1 Å². The van der Waals surface area contributed by atoms with Gasteiger partial charge in [0, 0.05) is 19.0 Å². The predicted octanol–water partition coefficient (Wildman–Crippen LogP) is 3.34. The highest BCUT2D eigenvalue weighted by molar-refractivity contribution is 6.42. The molecule has 1 N–H and O–H groups in total. The smallest absolute Gasteiger partial charge is 0.223 e. The summed E-state index contributed by atoms with van der Waals surface area (Å²) in [6.07, 6.45) is 0.618. The molecule has 1 aliphatic heterocycles. The van der Waals surface area contributed by atoms with Gasteiger partial charge in [-0.25, -0.2) is 0 Å². The highest BCUT2D eigenvalue weighted by Gasteiger charge is 2.25. The van der Waals surface area contributed by atoms with Gasteiger partial charge in [-0.3, -0.25) is 4.79 Å². The Labute approximate surface area is 130 Å². The second-order valence-electron chi connectivity index (χ2n) is 5.59. The van der Waals surface area contributed by atoms with E-state index in [1.165, 1.54) is 0 Å². The minimum Gasteiger partial charge on any atom is -0.336 e. The first kappa shape index (κ1) is 15.6. The molecule has 1 heterocycles. The largest absolute Gasteiger partial charge is 0.336 e. The van der Waals surface area contributed by atoms with E-state index in [0.717, 1.165) is 18.7 Å². The van der Waals surface area contributed by atoms with E-state index >= 15 is 0 Å². The topological polar surface area (TPSA) is 32.3 Å². The highest BCUT2D eigenvalue weighted by atomic mass is 35.5. The summed E-state index contributed by atoms with van der Waals surface area (Å²) >= 11 is 11.9. The fourth-order valence-corrected chi connectivity index (χ4v) is 2.57. The van der Waals surface area contributed by atoms with Crippen molar-refractivity contribution in [1.29, 1.82) is 0 Å². The molecule has 110 valence electrons. The Hall–Kier alpha value is -0.770. The molecule has 0 spiro atoms. The predicted molar refractivity (Wildman–Crippen MR) is 83.1 cm³/mol. The van der Waals surface area contributed by atoms with E-state index in [4.69, 9.17) is 23.2 Å². The zero-order valence-corrected chi connectivity index (χ0v) is 13.3. The van der Waals surface area contributed by atoms with Crippen molar-refractivity contribution in [1.82, 2.24) is 10.2 Å². The molecule has 20 heavy (non-hydrogen) atoms. The van der Waals surface area contributed by atoms with Gasteiger partial charge < -0.3 is 10.2 Å². The molecule has 1 aromatic rings. The van der Waals surface area contributed by atoms with E-state index in [-0.39, 0.29) is 11.9 Å². The molecule has 3 nitrogen and oxygen atoms in total. The van der Waals surface area contributed by atoms with Crippen LogP contribution in [0.1, 0.15) is 25.8 Å². The molecular formula is C15H20Cl2N2O. The van der Waals surface area contributed by atoms with Gasteiger partial charge in [0.1, 0.15) is 0 Å². The van der Waals surface area contributed by atoms with E-state index in [1.807, 2.05) is 30.9 Å². The molecule has 1 amide bonds. The molecule has 0 radical (unpaired) electrons. The van der Waals surface area contributed by atoms with Gasteiger partial charge in [0.2, 0.25) is 5.91 Å². The van der Waals surface area contributed by atoms with Crippen molar-refractivity contribution >= 4 is 29.1 Å². The van der Waals surface area contributed by atoms with Crippen LogP contribution < -0.4 is 5.32 Å². The van der Waals surface area contributed by atoms with Gasteiger partial charge in [0.05, 0.1) is 10.0 Å². The molecule has 1 aliphatic rings. The normalized spacial score (nSPS) is 15.2. The van der Waals surface area contributed by atoms with Crippen LogP contribution in [0.2, 0.25) is 10.0 Å². The van der Waals surface area contributed by atoms with Crippen LogP contribution in [0, 0.1) is 5.92 Å². The van der Waals surface area contributed by atoms with Crippen LogP contribution in [0.5, 0.6) is 0 Å². The lowest BCUT2D eigenvalue weighted by Crippen LogP contribution is -2.46. The number of rotatable bonds is 5. The first-order valence-corrected chi connectivity index (χ1v) is 7.67. The van der Waals surface area contributed by atoms with Crippen LogP contribution in [0.25, 0.3) is 0 Å². The summed E-state index contributed by atoms with van der Waals surface area (Å²) < 4.78 is 0. The molecule has 1 saturated heterocycles. The van der Waals surface area contributed by atoms with E-state index in [1.54, 1.807) is 6.07 Å². The standard InChI is InChI=1S/C15H20Cl2N2O/c1-10(2)19(15(20)6-12-7-18-8-12)9-11-3-4-13(16)14(17)5-11/h3-5,10,12,18H,6-9H2,1-2H3. The van der Waals surface area contributed by atoms with Crippen molar-refractivity contribution in [3.8, 4) is 0 Å². The number of halogens is 2. The average molecular weight is 315 g/mol. The number of benzene rings is 1. The van der Waals surface area contributed by atoms with Gasteiger partial charge in [-0.2, -0.15) is 0 Å². The Bertz CT molecular complexity index is 487. The third-order valence-corrected chi connectivity index (χ3v) is 4.35. The Morgan fingerprint density at radius 2 is 2.05 bits per heavy atom. The van der Waals surface area contributed by atoms with Crippen molar-refractivity contribution in [3.05, 3.63) is 33.8 Å². The summed E-state index contributed by atoms with van der Waals surface area (Å²) in [5, 5.41) is 4.27. The molecule has 1 fully saturated rings. The summed E-state index contributed by atoms with van der Waals surface area (Å²) in [7, 11) is 0. The number of carbonyl (C=O) groups excluding carboxylic acids is 1. The van der Waals surface area contributed by atoms with Gasteiger partial charge in [-0.05, 0) is 50.6 Å². The van der Waals surface area contributed by atoms with Crippen LogP contribution in [0.3, 0.4) is 0 Å². The van der Waals surface area contributed by atoms with E-state index in [9.17, 15) is 4.79 Å². The molecule has 0 aromatic heterocycles. The Morgan fingerprint density at radius 1 is 1.35 bits per heavy atom. The van der Waals surface area contributed by atoms with Gasteiger partial charge in [0.25, 0.3) is 0 Å². The molecule has 0 bridgehead atoms. The van der Waals surface area contributed by atoms with Gasteiger partial charge >= 0.3 is 0 Å². The van der Waals surface area contributed by atoms with Crippen molar-refractivity contribution in [2.24, 2.45) is 5.92 Å². The second kappa shape index (κ2) is 6.79. The van der Waals surface area contributed by atoms with Gasteiger partial charge in [0.15, 0.2) is 0 Å². The molecular weight excluding hydrogens is 295 g/mol. The molecule has 0 unspecified atom stereocenters. The Morgan fingerprint density at radius 3 is 2.55 bits per heavy atom.